The molecule has 1 heterocycles. The minimum absolute atomic E-state index is 0.372. The highest BCUT2D eigenvalue weighted by atomic mass is 32.2. The van der Waals surface area contributed by atoms with Crippen LogP contribution in [0.5, 0.6) is 5.75 Å². The normalized spacial score (nSPS) is 13.5. The second-order valence-electron chi connectivity index (χ2n) is 5.82. The van der Waals surface area contributed by atoms with Gasteiger partial charge in [-0.3, -0.25) is 0 Å². The first-order chi connectivity index (χ1) is 10.3. The third kappa shape index (κ3) is 3.81. The second kappa shape index (κ2) is 6.71. The van der Waals surface area contributed by atoms with Crippen molar-refractivity contribution < 1.29 is 8.95 Å². The molecule has 0 unspecified atom stereocenters. The summed E-state index contributed by atoms with van der Waals surface area (Å²) in [5.74, 6) is 0.708. The van der Waals surface area contributed by atoms with E-state index >= 15 is 0 Å². The number of nitrogens with zero attached hydrogens (tertiary/aromatic N) is 2. The summed E-state index contributed by atoms with van der Waals surface area (Å²) in [6, 6.07) is 5.89. The molecule has 0 radical (unpaired) electrons. The first kappa shape index (κ1) is 16.8. The molecule has 1 aromatic carbocycles. The molecule has 1 aromatic heterocycles. The third-order valence-corrected chi connectivity index (χ3v) is 5.37. The molecule has 0 aliphatic heterocycles. The molecule has 0 spiro atoms. The summed E-state index contributed by atoms with van der Waals surface area (Å²) < 4.78 is 21.2. The molecule has 0 aliphatic rings. The van der Waals surface area contributed by atoms with Crippen molar-refractivity contribution in [1.82, 2.24) is 4.98 Å². The molecule has 4 nitrogen and oxygen atoms in total. The molecular weight excluding hydrogens is 316 g/mol. The van der Waals surface area contributed by atoms with Gasteiger partial charge < -0.3 is 4.74 Å². The average molecular weight is 336 g/mol. The van der Waals surface area contributed by atoms with E-state index in [1.54, 1.807) is 24.7 Å². The van der Waals surface area contributed by atoms with Crippen molar-refractivity contribution >= 4 is 28.5 Å². The van der Waals surface area contributed by atoms with Crippen molar-refractivity contribution in [3.63, 3.8) is 0 Å². The summed E-state index contributed by atoms with van der Waals surface area (Å²) in [5.41, 5.74) is 4.71. The fourth-order valence-corrected chi connectivity index (χ4v) is 3.13. The SMILES string of the molecule is COc1cc(-c2scnc2C)ccc1/C=N/[S@](=O)C(C)(C)C. The molecule has 2 aromatic rings. The van der Waals surface area contributed by atoms with Crippen LogP contribution >= 0.6 is 11.3 Å². The van der Waals surface area contributed by atoms with Gasteiger partial charge in [0.2, 0.25) is 0 Å². The van der Waals surface area contributed by atoms with Crippen molar-refractivity contribution in [3.8, 4) is 16.2 Å². The van der Waals surface area contributed by atoms with Crippen LogP contribution in [0.1, 0.15) is 32.0 Å². The number of hydrogen-bond donors (Lipinski definition) is 0. The van der Waals surface area contributed by atoms with Crippen LogP contribution in [0.3, 0.4) is 0 Å². The maximum absolute atomic E-state index is 12.0. The van der Waals surface area contributed by atoms with Gasteiger partial charge >= 0.3 is 0 Å². The van der Waals surface area contributed by atoms with Crippen molar-refractivity contribution in [2.75, 3.05) is 7.11 Å². The molecule has 6 heteroatoms. The van der Waals surface area contributed by atoms with Crippen molar-refractivity contribution in [1.29, 1.82) is 0 Å². The Morgan fingerprint density at radius 3 is 2.64 bits per heavy atom. The zero-order valence-electron chi connectivity index (χ0n) is 13.4. The van der Waals surface area contributed by atoms with Gasteiger partial charge in [0.15, 0.2) is 0 Å². The molecule has 0 bridgehead atoms. The van der Waals surface area contributed by atoms with Gasteiger partial charge in [0.25, 0.3) is 0 Å². The van der Waals surface area contributed by atoms with Crippen LogP contribution in [-0.2, 0) is 11.0 Å². The van der Waals surface area contributed by atoms with Gasteiger partial charge in [0.1, 0.15) is 16.7 Å². The lowest BCUT2D eigenvalue weighted by molar-refractivity contribution is 0.414. The standard InChI is InChI=1S/C16H20N2O2S2/c1-11-15(21-10-17-11)12-6-7-13(14(8-12)20-5)9-18-22(19)16(2,3)4/h6-10H,1-5H3/b18-9+/t22-/m1/s1. The first-order valence-corrected chi connectivity index (χ1v) is 8.86. The topological polar surface area (TPSA) is 51.6 Å². The largest absolute Gasteiger partial charge is 0.496 e. The van der Waals surface area contributed by atoms with E-state index < -0.39 is 11.0 Å². The molecule has 0 fully saturated rings. The van der Waals surface area contributed by atoms with Crippen LogP contribution in [0.15, 0.2) is 28.1 Å². The molecule has 0 aliphatic carbocycles. The zero-order chi connectivity index (χ0) is 16.3. The molecule has 1 atom stereocenters. The van der Waals surface area contributed by atoms with Crippen molar-refractivity contribution in [2.24, 2.45) is 4.40 Å². The average Bonchev–Trinajstić information content (AvgIpc) is 2.89. The van der Waals surface area contributed by atoms with E-state index in [0.29, 0.717) is 5.75 Å². The molecule has 0 saturated carbocycles. The lowest BCUT2D eigenvalue weighted by Gasteiger charge is -2.13. The monoisotopic (exact) mass is 336 g/mol. The number of hydrogen-bond acceptors (Lipinski definition) is 4. The first-order valence-electron chi connectivity index (χ1n) is 6.87. The molecule has 22 heavy (non-hydrogen) atoms. The maximum Gasteiger partial charge on any atom is 0.144 e. The second-order valence-corrected chi connectivity index (χ2v) is 8.61. The lowest BCUT2D eigenvalue weighted by atomic mass is 10.1. The predicted octanol–water partition coefficient (Wildman–Crippen LogP) is 4.01. The zero-order valence-corrected chi connectivity index (χ0v) is 15.0. The van der Waals surface area contributed by atoms with Gasteiger partial charge in [-0.15, -0.1) is 11.3 Å². The highest BCUT2D eigenvalue weighted by Gasteiger charge is 2.18. The van der Waals surface area contributed by atoms with Crippen LogP contribution < -0.4 is 4.74 Å². The van der Waals surface area contributed by atoms with Gasteiger partial charge in [0.05, 0.1) is 27.9 Å². The van der Waals surface area contributed by atoms with Crippen LogP contribution in [0, 0.1) is 6.92 Å². The number of aryl methyl sites for hydroxylation is 1. The predicted molar refractivity (Wildman–Crippen MR) is 94.3 cm³/mol. The van der Waals surface area contributed by atoms with E-state index in [-0.39, 0.29) is 4.75 Å². The Kier molecular flexibility index (Phi) is 5.13. The summed E-state index contributed by atoms with van der Waals surface area (Å²) in [4.78, 5) is 5.39. The third-order valence-electron chi connectivity index (χ3n) is 3.05. The van der Waals surface area contributed by atoms with Crippen LogP contribution in [-0.4, -0.2) is 27.3 Å². The smallest absolute Gasteiger partial charge is 0.144 e. The fourth-order valence-electron chi connectivity index (χ4n) is 1.80. The summed E-state index contributed by atoms with van der Waals surface area (Å²) in [6.07, 6.45) is 1.61. The Morgan fingerprint density at radius 1 is 1.36 bits per heavy atom. The Morgan fingerprint density at radius 2 is 2.09 bits per heavy atom. The number of methoxy groups -OCH3 is 1. The Bertz CT molecular complexity index is 715. The molecule has 2 rings (SSSR count). The van der Waals surface area contributed by atoms with Gasteiger partial charge in [-0.1, -0.05) is 6.07 Å². The minimum atomic E-state index is -1.28. The highest BCUT2D eigenvalue weighted by Crippen LogP contribution is 2.31. The van der Waals surface area contributed by atoms with E-state index in [2.05, 4.69) is 9.38 Å². The number of ether oxygens (including phenoxy) is 1. The van der Waals surface area contributed by atoms with Crippen LogP contribution in [0.4, 0.5) is 0 Å². The minimum Gasteiger partial charge on any atom is -0.496 e. The number of benzene rings is 1. The van der Waals surface area contributed by atoms with Gasteiger partial charge in [0, 0.05) is 11.8 Å². The van der Waals surface area contributed by atoms with Gasteiger partial charge in [-0.05, 0) is 45.4 Å². The molecular formula is C16H20N2O2S2. The van der Waals surface area contributed by atoms with E-state index in [0.717, 1.165) is 21.7 Å². The maximum atomic E-state index is 12.0. The molecule has 0 saturated heterocycles. The molecule has 0 N–H and O–H groups in total. The van der Waals surface area contributed by atoms with Gasteiger partial charge in [-0.25, -0.2) is 9.19 Å². The van der Waals surface area contributed by atoms with Crippen LogP contribution in [0.2, 0.25) is 0 Å². The van der Waals surface area contributed by atoms with Gasteiger partial charge in [-0.2, -0.15) is 4.40 Å². The number of thiazole rings is 1. The summed E-state index contributed by atoms with van der Waals surface area (Å²) in [6.45, 7) is 7.67. The van der Waals surface area contributed by atoms with Crippen molar-refractivity contribution in [2.45, 2.75) is 32.4 Å². The highest BCUT2D eigenvalue weighted by molar-refractivity contribution is 7.85. The van der Waals surface area contributed by atoms with E-state index in [4.69, 9.17) is 4.74 Å². The quantitative estimate of drug-likeness (QED) is 0.793. The molecule has 118 valence electrons. The number of rotatable bonds is 4. The lowest BCUT2D eigenvalue weighted by Crippen LogP contribution is -2.19. The Balaban J connectivity index is 2.33. The summed E-state index contributed by atoms with van der Waals surface area (Å²) in [5, 5.41) is 0. The van der Waals surface area contributed by atoms with E-state index in [1.807, 2.05) is 51.4 Å². The molecule has 0 amide bonds. The van der Waals surface area contributed by atoms with E-state index in [9.17, 15) is 4.21 Å². The van der Waals surface area contributed by atoms with E-state index in [1.165, 1.54) is 0 Å². The summed E-state index contributed by atoms with van der Waals surface area (Å²) in [7, 11) is 0.341. The number of aromatic nitrogens is 1. The summed E-state index contributed by atoms with van der Waals surface area (Å²) >= 11 is 1.60. The Hall–Kier alpha value is -1.53. The van der Waals surface area contributed by atoms with Crippen LogP contribution in [0.25, 0.3) is 10.4 Å². The van der Waals surface area contributed by atoms with Crippen molar-refractivity contribution in [3.05, 3.63) is 35.0 Å². The fraction of sp³-hybridized carbons (Fsp3) is 0.375. The Labute approximate surface area is 137 Å².